The van der Waals surface area contributed by atoms with Gasteiger partial charge in [0, 0.05) is 0 Å². The lowest BCUT2D eigenvalue weighted by Crippen LogP contribution is -2.45. The zero-order valence-corrected chi connectivity index (χ0v) is 22.4. The number of hydrogen-bond acceptors (Lipinski definition) is 10. The minimum Gasteiger partial charge on any atom is -0.497 e. The largest absolute Gasteiger partial charge is 0.497 e. The molecule has 0 saturated carbocycles. The SMILES string of the molecule is CCCCOC(=O)C(Cc1nc(-c2ccc(OCc3ccc(OC)cc3)cn2)no1)NC(=O)OC(C)(C)C. The maximum absolute atomic E-state index is 12.6. The fourth-order valence-electron chi connectivity index (χ4n) is 3.16. The van der Waals surface area contributed by atoms with Gasteiger partial charge in [-0.15, -0.1) is 0 Å². The van der Waals surface area contributed by atoms with Crippen molar-refractivity contribution in [2.45, 2.75) is 65.2 Å². The molecule has 0 radical (unpaired) electrons. The first-order chi connectivity index (χ1) is 18.2. The number of hydrogen-bond donors (Lipinski definition) is 1. The average Bonchev–Trinajstić information content (AvgIpc) is 3.35. The number of esters is 1. The highest BCUT2D eigenvalue weighted by molar-refractivity contribution is 5.81. The summed E-state index contributed by atoms with van der Waals surface area (Å²) in [5, 5.41) is 6.49. The number of rotatable bonds is 12. The fourth-order valence-corrected chi connectivity index (χ4v) is 3.16. The summed E-state index contributed by atoms with van der Waals surface area (Å²) in [5.74, 6) is 1.11. The van der Waals surface area contributed by atoms with Crippen LogP contribution >= 0.6 is 0 Å². The van der Waals surface area contributed by atoms with Crippen LogP contribution in [0.4, 0.5) is 4.79 Å². The van der Waals surface area contributed by atoms with Gasteiger partial charge in [0.15, 0.2) is 0 Å². The topological polar surface area (TPSA) is 135 Å². The molecule has 204 valence electrons. The molecule has 0 aliphatic carbocycles. The molecule has 2 aromatic heterocycles. The molecule has 1 unspecified atom stereocenters. The Hall–Kier alpha value is -4.15. The third-order valence-electron chi connectivity index (χ3n) is 5.09. The number of nitrogens with zero attached hydrogens (tertiary/aromatic N) is 3. The lowest BCUT2D eigenvalue weighted by atomic mass is 10.2. The minimum absolute atomic E-state index is 0.0692. The molecule has 38 heavy (non-hydrogen) atoms. The van der Waals surface area contributed by atoms with E-state index in [0.717, 1.165) is 17.7 Å². The maximum atomic E-state index is 12.6. The summed E-state index contributed by atoms with van der Waals surface area (Å²) in [5.41, 5.74) is 0.716. The van der Waals surface area contributed by atoms with E-state index in [9.17, 15) is 9.59 Å². The van der Waals surface area contributed by atoms with Gasteiger partial charge in [0.25, 0.3) is 0 Å². The van der Waals surface area contributed by atoms with Crippen molar-refractivity contribution in [1.82, 2.24) is 20.4 Å². The van der Waals surface area contributed by atoms with Crippen LogP contribution in [-0.4, -0.2) is 52.5 Å². The van der Waals surface area contributed by atoms with Crippen molar-refractivity contribution in [3.63, 3.8) is 0 Å². The Labute approximate surface area is 221 Å². The summed E-state index contributed by atoms with van der Waals surface area (Å²) in [4.78, 5) is 33.6. The maximum Gasteiger partial charge on any atom is 0.408 e. The van der Waals surface area contributed by atoms with Gasteiger partial charge in [0.2, 0.25) is 11.7 Å². The van der Waals surface area contributed by atoms with E-state index in [2.05, 4.69) is 20.4 Å². The van der Waals surface area contributed by atoms with Crippen molar-refractivity contribution >= 4 is 12.1 Å². The van der Waals surface area contributed by atoms with Crippen LogP contribution in [-0.2, 0) is 27.3 Å². The predicted molar refractivity (Wildman–Crippen MR) is 138 cm³/mol. The van der Waals surface area contributed by atoms with E-state index >= 15 is 0 Å². The van der Waals surface area contributed by atoms with E-state index in [4.69, 9.17) is 23.5 Å². The fraction of sp³-hybridized carbons (Fsp3) is 0.444. The number of unbranched alkanes of at least 4 members (excludes halogenated alkanes) is 1. The molecule has 0 bridgehead atoms. The Kier molecular flexibility index (Phi) is 10.0. The molecule has 1 atom stereocenters. The summed E-state index contributed by atoms with van der Waals surface area (Å²) in [6.07, 6.45) is 2.32. The molecular weight excluding hydrogens is 492 g/mol. The monoisotopic (exact) mass is 526 g/mol. The second-order valence-electron chi connectivity index (χ2n) is 9.45. The Balaban J connectivity index is 1.62. The molecule has 1 aromatic carbocycles. The Morgan fingerprint density at radius 2 is 1.82 bits per heavy atom. The van der Waals surface area contributed by atoms with Gasteiger partial charge < -0.3 is 28.8 Å². The average molecular weight is 527 g/mol. The molecular formula is C27H34N4O7. The van der Waals surface area contributed by atoms with Crippen molar-refractivity contribution in [1.29, 1.82) is 0 Å². The number of alkyl carbamates (subject to hydrolysis) is 1. The zero-order chi connectivity index (χ0) is 27.5. The van der Waals surface area contributed by atoms with Crippen LogP contribution in [0.5, 0.6) is 11.5 Å². The van der Waals surface area contributed by atoms with Crippen LogP contribution in [0.15, 0.2) is 47.1 Å². The smallest absolute Gasteiger partial charge is 0.408 e. The molecule has 3 rings (SSSR count). The number of methoxy groups -OCH3 is 1. The normalized spacial score (nSPS) is 11.9. The quantitative estimate of drug-likeness (QED) is 0.265. The van der Waals surface area contributed by atoms with E-state index in [-0.39, 0.29) is 24.7 Å². The van der Waals surface area contributed by atoms with Crippen molar-refractivity contribution in [3.05, 3.63) is 54.0 Å². The van der Waals surface area contributed by atoms with Gasteiger partial charge in [-0.1, -0.05) is 30.6 Å². The number of ether oxygens (including phenoxy) is 4. The van der Waals surface area contributed by atoms with Crippen LogP contribution in [0.25, 0.3) is 11.5 Å². The van der Waals surface area contributed by atoms with Gasteiger partial charge in [-0.05, 0) is 57.0 Å². The summed E-state index contributed by atoms with van der Waals surface area (Å²) < 4.78 is 26.8. The van der Waals surface area contributed by atoms with E-state index in [0.29, 0.717) is 24.5 Å². The van der Waals surface area contributed by atoms with Crippen molar-refractivity contribution < 1.29 is 33.1 Å². The highest BCUT2D eigenvalue weighted by atomic mass is 16.6. The van der Waals surface area contributed by atoms with Gasteiger partial charge in [-0.2, -0.15) is 4.98 Å². The second-order valence-corrected chi connectivity index (χ2v) is 9.45. The molecule has 0 fully saturated rings. The number of nitrogens with one attached hydrogen (secondary N) is 1. The molecule has 0 saturated heterocycles. The molecule has 0 spiro atoms. The number of benzene rings is 1. The Morgan fingerprint density at radius 3 is 2.45 bits per heavy atom. The van der Waals surface area contributed by atoms with E-state index < -0.39 is 23.7 Å². The zero-order valence-electron chi connectivity index (χ0n) is 22.4. The highest BCUT2D eigenvalue weighted by Gasteiger charge is 2.28. The first-order valence-corrected chi connectivity index (χ1v) is 12.4. The van der Waals surface area contributed by atoms with Crippen LogP contribution in [0, 0.1) is 0 Å². The number of carbonyl (C=O) groups is 2. The van der Waals surface area contributed by atoms with E-state index in [1.54, 1.807) is 46.2 Å². The highest BCUT2D eigenvalue weighted by Crippen LogP contribution is 2.19. The lowest BCUT2D eigenvalue weighted by molar-refractivity contribution is -0.146. The first-order valence-electron chi connectivity index (χ1n) is 12.4. The standard InChI is InChI=1S/C27H34N4O7/c1-6-7-14-35-25(32)22(29-26(33)37-27(2,3)4)15-23-30-24(31-38-23)21-13-12-20(16-28-21)36-17-18-8-10-19(34-5)11-9-18/h8-13,16,22H,6-7,14-15,17H2,1-5H3,(H,29,33). The number of aromatic nitrogens is 3. The van der Waals surface area contributed by atoms with Crippen LogP contribution in [0.2, 0.25) is 0 Å². The molecule has 2 heterocycles. The van der Waals surface area contributed by atoms with Gasteiger partial charge in [-0.3, -0.25) is 0 Å². The van der Waals surface area contributed by atoms with E-state index in [1.807, 2.05) is 31.2 Å². The summed E-state index contributed by atoms with van der Waals surface area (Å²) in [6.45, 7) is 7.79. The van der Waals surface area contributed by atoms with Gasteiger partial charge >= 0.3 is 12.1 Å². The molecule has 1 amide bonds. The summed E-state index contributed by atoms with van der Waals surface area (Å²) in [7, 11) is 1.62. The summed E-state index contributed by atoms with van der Waals surface area (Å²) in [6, 6.07) is 9.97. The van der Waals surface area contributed by atoms with Crippen LogP contribution in [0.1, 0.15) is 52.0 Å². The molecule has 0 aliphatic heterocycles. The van der Waals surface area contributed by atoms with Crippen LogP contribution < -0.4 is 14.8 Å². The third-order valence-corrected chi connectivity index (χ3v) is 5.09. The van der Waals surface area contributed by atoms with E-state index in [1.165, 1.54) is 0 Å². The molecule has 11 heteroatoms. The third kappa shape index (κ3) is 9.06. The molecule has 3 aromatic rings. The van der Waals surface area contributed by atoms with Crippen LogP contribution in [0.3, 0.4) is 0 Å². The van der Waals surface area contributed by atoms with Gasteiger partial charge in [0.05, 0.1) is 26.3 Å². The van der Waals surface area contributed by atoms with Crippen molar-refractivity contribution in [3.8, 4) is 23.0 Å². The Morgan fingerprint density at radius 1 is 1.08 bits per heavy atom. The minimum atomic E-state index is -1.06. The molecule has 1 N–H and O–H groups in total. The number of carbonyl (C=O) groups excluding carboxylic acids is 2. The first kappa shape index (κ1) is 28.4. The summed E-state index contributed by atoms with van der Waals surface area (Å²) >= 11 is 0. The number of amides is 1. The van der Waals surface area contributed by atoms with Crippen molar-refractivity contribution in [2.24, 2.45) is 0 Å². The molecule has 0 aliphatic rings. The van der Waals surface area contributed by atoms with Crippen molar-refractivity contribution in [2.75, 3.05) is 13.7 Å². The second kappa shape index (κ2) is 13.4. The molecule has 11 nitrogen and oxygen atoms in total. The van der Waals surface area contributed by atoms with Gasteiger partial charge in [0.1, 0.15) is 35.4 Å². The van der Waals surface area contributed by atoms with Gasteiger partial charge in [-0.25, -0.2) is 14.6 Å². The predicted octanol–water partition coefficient (Wildman–Crippen LogP) is 4.50. The lowest BCUT2D eigenvalue weighted by Gasteiger charge is -2.22. The number of pyridine rings is 1. The Bertz CT molecular complexity index is 1170.